The Kier molecular flexibility index (Phi) is 4.07. The lowest BCUT2D eigenvalue weighted by Gasteiger charge is -2.15. The Labute approximate surface area is 98.2 Å². The van der Waals surface area contributed by atoms with Crippen molar-refractivity contribution in [2.24, 2.45) is 0 Å². The maximum absolute atomic E-state index is 12.7. The van der Waals surface area contributed by atoms with Gasteiger partial charge in [0.25, 0.3) is 5.69 Å². The minimum atomic E-state index is -4.83. The summed E-state index contributed by atoms with van der Waals surface area (Å²) >= 11 is 0. The van der Waals surface area contributed by atoms with Crippen molar-refractivity contribution in [3.05, 3.63) is 34.1 Å². The highest BCUT2D eigenvalue weighted by atomic mass is 19.4. The van der Waals surface area contributed by atoms with Crippen molar-refractivity contribution in [2.45, 2.75) is 12.3 Å². The third-order valence-corrected chi connectivity index (χ3v) is 2.02. The maximum atomic E-state index is 12.7. The van der Waals surface area contributed by atoms with Gasteiger partial charge in [0.05, 0.1) is 11.0 Å². The minimum absolute atomic E-state index is 0.301. The first-order valence-electron chi connectivity index (χ1n) is 4.64. The zero-order valence-electron chi connectivity index (χ0n) is 8.74. The van der Waals surface area contributed by atoms with Crippen molar-refractivity contribution in [2.75, 3.05) is 11.9 Å². The number of nitrogens with one attached hydrogen (secondary N) is 1. The molecule has 9 heteroatoms. The maximum Gasteiger partial charge on any atom is 0.416 e. The molecule has 0 spiro atoms. The van der Waals surface area contributed by atoms with Crippen LogP contribution < -0.4 is 5.32 Å². The number of hydrogen-bond acceptors (Lipinski definition) is 4. The highest BCUT2D eigenvalue weighted by Gasteiger charge is 2.38. The molecule has 0 saturated carbocycles. The van der Waals surface area contributed by atoms with Crippen molar-refractivity contribution in [3.8, 4) is 0 Å². The van der Waals surface area contributed by atoms with Crippen LogP contribution in [0, 0.1) is 15.9 Å². The molecule has 0 aliphatic rings. The Morgan fingerprint density at radius 1 is 1.44 bits per heavy atom. The van der Waals surface area contributed by atoms with Gasteiger partial charge in [-0.15, -0.1) is 0 Å². The molecule has 100 valence electrons. The number of anilines is 1. The van der Waals surface area contributed by atoms with E-state index in [-0.39, 0.29) is 5.69 Å². The average molecular weight is 268 g/mol. The molecule has 0 aliphatic carbocycles. The molecule has 1 rings (SSSR count). The van der Waals surface area contributed by atoms with Gasteiger partial charge in [0.1, 0.15) is 11.5 Å². The van der Waals surface area contributed by atoms with E-state index < -0.39 is 35.3 Å². The van der Waals surface area contributed by atoms with Crippen molar-refractivity contribution in [1.29, 1.82) is 0 Å². The number of aliphatic hydroxyl groups excluding tert-OH is 1. The summed E-state index contributed by atoms with van der Waals surface area (Å²) < 4.78 is 48.7. The lowest BCUT2D eigenvalue weighted by molar-refractivity contribution is -0.384. The molecule has 5 nitrogen and oxygen atoms in total. The molecule has 0 aromatic heterocycles. The van der Waals surface area contributed by atoms with Crippen molar-refractivity contribution in [3.63, 3.8) is 0 Å². The minimum Gasteiger partial charge on any atom is -0.382 e. The quantitative estimate of drug-likeness (QED) is 0.498. The molecule has 0 fully saturated rings. The summed E-state index contributed by atoms with van der Waals surface area (Å²) in [7, 11) is 0. The lowest BCUT2D eigenvalue weighted by atomic mass is 10.2. The van der Waals surface area contributed by atoms with Crippen molar-refractivity contribution >= 4 is 11.4 Å². The normalized spacial score (nSPS) is 13.2. The second-order valence-corrected chi connectivity index (χ2v) is 3.36. The van der Waals surface area contributed by atoms with Crippen LogP contribution in [0.15, 0.2) is 18.2 Å². The van der Waals surface area contributed by atoms with E-state index in [4.69, 9.17) is 5.11 Å². The first-order valence-corrected chi connectivity index (χ1v) is 4.64. The van der Waals surface area contributed by atoms with Gasteiger partial charge in [0.15, 0.2) is 6.10 Å². The molecule has 1 aromatic rings. The summed E-state index contributed by atoms with van der Waals surface area (Å²) in [5.41, 5.74) is -1.01. The molecule has 1 unspecified atom stereocenters. The van der Waals surface area contributed by atoms with Crippen molar-refractivity contribution in [1.82, 2.24) is 0 Å². The molecule has 18 heavy (non-hydrogen) atoms. The Bertz CT molecular complexity index is 450. The van der Waals surface area contributed by atoms with Crippen LogP contribution in [0.4, 0.5) is 28.9 Å². The molecule has 0 bridgehead atoms. The molecular weight excluding hydrogens is 260 g/mol. The van der Waals surface area contributed by atoms with Crippen LogP contribution in [0.1, 0.15) is 0 Å². The zero-order valence-corrected chi connectivity index (χ0v) is 8.74. The van der Waals surface area contributed by atoms with Crippen LogP contribution in [0.25, 0.3) is 0 Å². The SMILES string of the molecule is O=[N+]([O-])c1cc(F)ccc1NCC(O)C(F)(F)F. The van der Waals surface area contributed by atoms with Gasteiger partial charge in [-0.2, -0.15) is 13.2 Å². The Balaban J connectivity index is 2.82. The van der Waals surface area contributed by atoms with Crippen LogP contribution in [0.5, 0.6) is 0 Å². The Morgan fingerprint density at radius 3 is 2.56 bits per heavy atom. The fourth-order valence-corrected chi connectivity index (χ4v) is 1.13. The van der Waals surface area contributed by atoms with Crippen LogP contribution in [0.3, 0.4) is 0 Å². The number of nitro benzene ring substituents is 1. The van der Waals surface area contributed by atoms with E-state index in [1.807, 2.05) is 5.32 Å². The molecule has 0 heterocycles. The van der Waals surface area contributed by atoms with Crippen LogP contribution in [-0.2, 0) is 0 Å². The van der Waals surface area contributed by atoms with E-state index in [1.54, 1.807) is 0 Å². The van der Waals surface area contributed by atoms with Gasteiger partial charge in [-0.25, -0.2) is 4.39 Å². The van der Waals surface area contributed by atoms with Gasteiger partial charge in [-0.3, -0.25) is 10.1 Å². The van der Waals surface area contributed by atoms with Crippen molar-refractivity contribution < 1.29 is 27.6 Å². The molecule has 0 radical (unpaired) electrons. The number of aliphatic hydroxyl groups is 1. The first kappa shape index (κ1) is 14.2. The number of alkyl halides is 3. The largest absolute Gasteiger partial charge is 0.416 e. The molecular formula is C9H8F4N2O3. The van der Waals surface area contributed by atoms with E-state index in [0.717, 1.165) is 12.1 Å². The number of halogens is 4. The van der Waals surface area contributed by atoms with E-state index in [9.17, 15) is 27.7 Å². The summed E-state index contributed by atoms with van der Waals surface area (Å²) in [5, 5.41) is 21.3. The standard InChI is InChI=1S/C9H8F4N2O3/c10-5-1-2-6(7(3-5)15(17)18)14-4-8(16)9(11,12)13/h1-3,8,14,16H,4H2. The smallest absolute Gasteiger partial charge is 0.382 e. The third kappa shape index (κ3) is 3.55. The fourth-order valence-electron chi connectivity index (χ4n) is 1.13. The third-order valence-electron chi connectivity index (χ3n) is 2.02. The monoisotopic (exact) mass is 268 g/mol. The molecule has 0 saturated heterocycles. The summed E-state index contributed by atoms with van der Waals surface area (Å²) in [6, 6.07) is 2.36. The van der Waals surface area contributed by atoms with E-state index in [0.29, 0.717) is 6.07 Å². The zero-order chi connectivity index (χ0) is 13.9. The lowest BCUT2D eigenvalue weighted by Crippen LogP contribution is -2.35. The Morgan fingerprint density at radius 2 is 2.06 bits per heavy atom. The molecule has 1 aromatic carbocycles. The second kappa shape index (κ2) is 5.17. The summed E-state index contributed by atoms with van der Waals surface area (Å²) in [5.74, 6) is -0.886. The molecule has 0 aliphatic heterocycles. The van der Waals surface area contributed by atoms with Gasteiger partial charge < -0.3 is 10.4 Å². The van der Waals surface area contributed by atoms with Gasteiger partial charge in [0.2, 0.25) is 0 Å². The van der Waals surface area contributed by atoms with Crippen LogP contribution in [-0.4, -0.2) is 28.9 Å². The van der Waals surface area contributed by atoms with E-state index in [2.05, 4.69) is 0 Å². The first-order chi connectivity index (χ1) is 8.21. The average Bonchev–Trinajstić information content (AvgIpc) is 2.25. The van der Waals surface area contributed by atoms with Gasteiger partial charge in [-0.1, -0.05) is 0 Å². The summed E-state index contributed by atoms with van der Waals surface area (Å²) in [4.78, 5) is 9.59. The topological polar surface area (TPSA) is 75.4 Å². The Hall–Kier alpha value is -1.90. The molecule has 0 amide bonds. The van der Waals surface area contributed by atoms with E-state index >= 15 is 0 Å². The predicted octanol–water partition coefficient (Wildman–Crippen LogP) is 2.07. The van der Waals surface area contributed by atoms with E-state index in [1.165, 1.54) is 0 Å². The number of nitro groups is 1. The van der Waals surface area contributed by atoms with Gasteiger partial charge >= 0.3 is 6.18 Å². The predicted molar refractivity (Wildman–Crippen MR) is 53.6 cm³/mol. The number of benzene rings is 1. The summed E-state index contributed by atoms with van der Waals surface area (Å²) in [6.45, 7) is -0.962. The number of hydrogen-bond donors (Lipinski definition) is 2. The van der Waals surface area contributed by atoms with Gasteiger partial charge in [0, 0.05) is 6.54 Å². The van der Waals surface area contributed by atoms with Crippen LogP contribution >= 0.6 is 0 Å². The van der Waals surface area contributed by atoms with Gasteiger partial charge in [-0.05, 0) is 12.1 Å². The fraction of sp³-hybridized carbons (Fsp3) is 0.333. The van der Waals surface area contributed by atoms with Crippen LogP contribution in [0.2, 0.25) is 0 Å². The summed E-state index contributed by atoms with van der Waals surface area (Å²) in [6.07, 6.45) is -7.50. The number of rotatable bonds is 4. The highest BCUT2D eigenvalue weighted by Crippen LogP contribution is 2.26. The number of nitrogens with zero attached hydrogens (tertiary/aromatic N) is 1. The molecule has 1 atom stereocenters. The highest BCUT2D eigenvalue weighted by molar-refractivity contribution is 5.61. The second-order valence-electron chi connectivity index (χ2n) is 3.36. The molecule has 2 N–H and O–H groups in total.